The number of amides is 1. The number of nitrogen functional groups attached to an aromatic ring is 1. The van der Waals surface area contributed by atoms with Crippen LogP contribution in [0.25, 0.3) is 0 Å². The van der Waals surface area contributed by atoms with Gasteiger partial charge in [-0.2, -0.15) is 0 Å². The minimum atomic E-state index is -0.562. The molecule has 0 aromatic heterocycles. The highest BCUT2D eigenvalue weighted by molar-refractivity contribution is 5.95. The van der Waals surface area contributed by atoms with Crippen molar-refractivity contribution in [2.45, 2.75) is 0 Å². The molecule has 0 spiro atoms. The monoisotopic (exact) mass is 270 g/mol. The van der Waals surface area contributed by atoms with E-state index in [1.165, 1.54) is 0 Å². The molecular weight excluding hydrogens is 256 g/mol. The van der Waals surface area contributed by atoms with Crippen LogP contribution in [-0.4, -0.2) is 18.5 Å². The topological polar surface area (TPSA) is 81.4 Å². The molecule has 0 aliphatic heterocycles. The molecule has 0 saturated carbocycles. The molecule has 0 atom stereocenters. The first-order chi connectivity index (χ1) is 9.65. The number of carbonyl (C=O) groups excluding carboxylic acids is 2. The van der Waals surface area contributed by atoms with E-state index in [9.17, 15) is 9.59 Å². The first-order valence-electron chi connectivity index (χ1n) is 6.03. The molecular formula is C15H14N2O3. The quantitative estimate of drug-likeness (QED) is 0.658. The van der Waals surface area contributed by atoms with Gasteiger partial charge in [0.25, 0.3) is 5.91 Å². The summed E-state index contributed by atoms with van der Waals surface area (Å²) in [5, 5.41) is 2.62. The normalized spacial score (nSPS) is 9.80. The van der Waals surface area contributed by atoms with Gasteiger partial charge in [-0.25, -0.2) is 4.79 Å². The summed E-state index contributed by atoms with van der Waals surface area (Å²) in [6, 6.07) is 15.2. The fourth-order valence-electron chi connectivity index (χ4n) is 1.55. The van der Waals surface area contributed by atoms with Gasteiger partial charge in [-0.3, -0.25) is 4.79 Å². The zero-order chi connectivity index (χ0) is 14.4. The van der Waals surface area contributed by atoms with Crippen LogP contribution in [0.5, 0.6) is 0 Å². The highest BCUT2D eigenvalue weighted by Crippen LogP contribution is 2.07. The number of hydrogen-bond acceptors (Lipinski definition) is 4. The van der Waals surface area contributed by atoms with Gasteiger partial charge < -0.3 is 15.8 Å². The Bertz CT molecular complexity index is 594. The lowest BCUT2D eigenvalue weighted by Crippen LogP contribution is -2.20. The highest BCUT2D eigenvalue weighted by Gasteiger charge is 2.09. The van der Waals surface area contributed by atoms with E-state index in [-0.39, 0.29) is 12.5 Å². The van der Waals surface area contributed by atoms with Gasteiger partial charge in [0.05, 0.1) is 5.56 Å². The van der Waals surface area contributed by atoms with Gasteiger partial charge in [0.15, 0.2) is 6.61 Å². The van der Waals surface area contributed by atoms with Crippen molar-refractivity contribution in [3.8, 4) is 0 Å². The minimum Gasteiger partial charge on any atom is -0.452 e. The van der Waals surface area contributed by atoms with Crippen LogP contribution in [0.15, 0.2) is 54.6 Å². The first-order valence-corrected chi connectivity index (χ1v) is 6.03. The number of para-hydroxylation sites is 1. The molecule has 0 heterocycles. The summed E-state index contributed by atoms with van der Waals surface area (Å²) < 4.78 is 4.91. The summed E-state index contributed by atoms with van der Waals surface area (Å²) in [5.41, 5.74) is 7.08. The summed E-state index contributed by atoms with van der Waals surface area (Å²) in [7, 11) is 0. The molecule has 0 saturated heterocycles. The van der Waals surface area contributed by atoms with Crippen LogP contribution in [0.3, 0.4) is 0 Å². The lowest BCUT2D eigenvalue weighted by atomic mass is 10.2. The Balaban J connectivity index is 1.84. The summed E-state index contributed by atoms with van der Waals surface area (Å²) >= 11 is 0. The Kier molecular flexibility index (Phi) is 4.34. The molecule has 5 heteroatoms. The molecule has 3 N–H and O–H groups in total. The maximum Gasteiger partial charge on any atom is 0.338 e. The van der Waals surface area contributed by atoms with Crippen molar-refractivity contribution in [3.05, 3.63) is 60.2 Å². The van der Waals surface area contributed by atoms with Crippen molar-refractivity contribution in [2.75, 3.05) is 17.7 Å². The van der Waals surface area contributed by atoms with Crippen LogP contribution < -0.4 is 11.1 Å². The lowest BCUT2D eigenvalue weighted by molar-refractivity contribution is -0.119. The van der Waals surface area contributed by atoms with Gasteiger partial charge in [-0.1, -0.05) is 18.2 Å². The minimum absolute atomic E-state index is 0.335. The number of anilines is 2. The predicted octanol–water partition coefficient (Wildman–Crippen LogP) is 2.06. The van der Waals surface area contributed by atoms with E-state index < -0.39 is 5.97 Å². The Morgan fingerprint density at radius 2 is 1.65 bits per heavy atom. The number of carbonyl (C=O) groups is 2. The van der Waals surface area contributed by atoms with E-state index in [0.29, 0.717) is 16.9 Å². The maximum absolute atomic E-state index is 11.7. The second kappa shape index (κ2) is 6.38. The number of ether oxygens (including phenoxy) is 1. The molecule has 5 nitrogen and oxygen atoms in total. The first kappa shape index (κ1) is 13.6. The second-order valence-corrected chi connectivity index (χ2v) is 4.11. The molecule has 20 heavy (non-hydrogen) atoms. The Morgan fingerprint density at radius 1 is 1.00 bits per heavy atom. The van der Waals surface area contributed by atoms with Crippen LogP contribution in [0.4, 0.5) is 11.4 Å². The van der Waals surface area contributed by atoms with E-state index in [2.05, 4.69) is 5.32 Å². The number of hydrogen-bond donors (Lipinski definition) is 2. The van der Waals surface area contributed by atoms with Crippen LogP contribution >= 0.6 is 0 Å². The van der Waals surface area contributed by atoms with Crippen molar-refractivity contribution < 1.29 is 14.3 Å². The Hall–Kier alpha value is -2.82. The van der Waals surface area contributed by atoms with Crippen molar-refractivity contribution in [1.82, 2.24) is 0 Å². The average molecular weight is 270 g/mol. The molecule has 0 aliphatic carbocycles. The van der Waals surface area contributed by atoms with Crippen LogP contribution in [0.1, 0.15) is 10.4 Å². The molecule has 102 valence electrons. The van der Waals surface area contributed by atoms with E-state index in [0.717, 1.165) is 0 Å². The summed E-state index contributed by atoms with van der Waals surface area (Å²) in [5.74, 6) is -0.951. The summed E-state index contributed by atoms with van der Waals surface area (Å²) in [6.45, 7) is -0.335. The fraction of sp³-hybridized carbons (Fsp3) is 0.0667. The van der Waals surface area contributed by atoms with Crippen molar-refractivity contribution in [1.29, 1.82) is 0 Å². The van der Waals surface area contributed by atoms with E-state index in [1.54, 1.807) is 48.5 Å². The molecule has 2 aromatic rings. The molecule has 0 bridgehead atoms. The zero-order valence-electron chi connectivity index (χ0n) is 10.7. The average Bonchev–Trinajstić information content (AvgIpc) is 2.46. The van der Waals surface area contributed by atoms with Gasteiger partial charge in [0, 0.05) is 11.4 Å². The molecule has 2 aromatic carbocycles. The molecule has 2 rings (SSSR count). The van der Waals surface area contributed by atoms with Crippen molar-refractivity contribution >= 4 is 23.3 Å². The van der Waals surface area contributed by atoms with Gasteiger partial charge >= 0.3 is 5.97 Å². The molecule has 1 amide bonds. The number of nitrogens with two attached hydrogens (primary N) is 1. The number of esters is 1. The predicted molar refractivity (Wildman–Crippen MR) is 76.2 cm³/mol. The third-order valence-electron chi connectivity index (χ3n) is 2.54. The second-order valence-electron chi connectivity index (χ2n) is 4.11. The molecule has 0 radical (unpaired) electrons. The summed E-state index contributed by atoms with van der Waals surface area (Å²) in [6.07, 6.45) is 0. The van der Waals surface area contributed by atoms with Crippen LogP contribution in [0, 0.1) is 0 Å². The van der Waals surface area contributed by atoms with Gasteiger partial charge in [0.1, 0.15) is 0 Å². The van der Waals surface area contributed by atoms with E-state index >= 15 is 0 Å². The van der Waals surface area contributed by atoms with E-state index in [4.69, 9.17) is 10.5 Å². The molecule has 0 unspecified atom stereocenters. The van der Waals surface area contributed by atoms with Gasteiger partial charge in [-0.05, 0) is 36.4 Å². The highest BCUT2D eigenvalue weighted by atomic mass is 16.5. The summed E-state index contributed by atoms with van der Waals surface area (Å²) in [4.78, 5) is 23.3. The lowest BCUT2D eigenvalue weighted by Gasteiger charge is -2.06. The molecule has 0 aliphatic rings. The number of nitrogens with one attached hydrogen (secondary N) is 1. The maximum atomic E-state index is 11.7. The van der Waals surface area contributed by atoms with Crippen LogP contribution in [0.2, 0.25) is 0 Å². The third-order valence-corrected chi connectivity index (χ3v) is 2.54. The largest absolute Gasteiger partial charge is 0.452 e. The standard InChI is InChI=1S/C15H14N2O3/c16-12-8-6-11(7-9-12)15(19)20-10-14(18)17-13-4-2-1-3-5-13/h1-9H,10,16H2,(H,17,18). The SMILES string of the molecule is Nc1ccc(C(=O)OCC(=O)Nc2ccccc2)cc1. The van der Waals surface area contributed by atoms with Crippen molar-refractivity contribution in [3.63, 3.8) is 0 Å². The Morgan fingerprint density at radius 3 is 2.30 bits per heavy atom. The fourth-order valence-corrected chi connectivity index (χ4v) is 1.55. The van der Waals surface area contributed by atoms with Crippen LogP contribution in [-0.2, 0) is 9.53 Å². The number of rotatable bonds is 4. The zero-order valence-corrected chi connectivity index (χ0v) is 10.7. The number of benzene rings is 2. The van der Waals surface area contributed by atoms with Gasteiger partial charge in [-0.15, -0.1) is 0 Å². The van der Waals surface area contributed by atoms with E-state index in [1.807, 2.05) is 6.07 Å². The smallest absolute Gasteiger partial charge is 0.338 e. The third kappa shape index (κ3) is 3.84. The Labute approximate surface area is 116 Å². The van der Waals surface area contributed by atoms with Gasteiger partial charge in [0.2, 0.25) is 0 Å². The molecule has 0 fully saturated rings. The van der Waals surface area contributed by atoms with Crippen molar-refractivity contribution in [2.24, 2.45) is 0 Å².